The third-order valence-electron chi connectivity index (χ3n) is 7.33. The van der Waals surface area contributed by atoms with E-state index in [4.69, 9.17) is 0 Å². The number of pyridine rings is 2. The van der Waals surface area contributed by atoms with Gasteiger partial charge in [0.05, 0.1) is 0 Å². The highest BCUT2D eigenvalue weighted by Gasteiger charge is 2.18. The van der Waals surface area contributed by atoms with Gasteiger partial charge in [-0.15, -0.1) is 0 Å². The fourth-order valence-electron chi connectivity index (χ4n) is 4.74. The van der Waals surface area contributed by atoms with Crippen molar-refractivity contribution in [3.05, 3.63) is 119 Å². The molecule has 10 nitrogen and oxygen atoms in total. The Kier molecular flexibility index (Phi) is 11.1. The zero-order valence-corrected chi connectivity index (χ0v) is 26.0. The smallest absolute Gasteiger partial charge is 0.274 e. The van der Waals surface area contributed by atoms with E-state index in [9.17, 15) is 19.2 Å². The summed E-state index contributed by atoms with van der Waals surface area (Å²) in [6, 6.07) is 24.7. The highest BCUT2D eigenvalue weighted by Crippen LogP contribution is 2.17. The van der Waals surface area contributed by atoms with Crippen molar-refractivity contribution in [2.45, 2.75) is 34.1 Å². The third kappa shape index (κ3) is 8.38. The molecule has 2 aromatic carbocycles. The minimum atomic E-state index is -0.396. The van der Waals surface area contributed by atoms with Crippen molar-refractivity contribution in [1.29, 1.82) is 0 Å². The van der Waals surface area contributed by atoms with Crippen molar-refractivity contribution < 1.29 is 19.2 Å². The Morgan fingerprint density at radius 2 is 0.844 bits per heavy atom. The van der Waals surface area contributed by atoms with Crippen LogP contribution in [0.4, 0.5) is 11.4 Å². The molecule has 4 amide bonds. The molecule has 0 aliphatic heterocycles. The number of rotatable bonds is 12. The van der Waals surface area contributed by atoms with E-state index in [1.165, 1.54) is 0 Å². The average Bonchev–Trinajstić information content (AvgIpc) is 3.07. The van der Waals surface area contributed by atoms with E-state index in [-0.39, 0.29) is 34.6 Å². The minimum Gasteiger partial charge on any atom is -0.338 e. The number of nitrogens with zero attached hydrogens (tertiary/aromatic N) is 4. The molecule has 2 heterocycles. The average molecular weight is 607 g/mol. The van der Waals surface area contributed by atoms with Gasteiger partial charge in [-0.3, -0.25) is 19.2 Å². The second-order valence-corrected chi connectivity index (χ2v) is 10.2. The molecule has 0 aliphatic rings. The van der Waals surface area contributed by atoms with Crippen molar-refractivity contribution >= 4 is 35.0 Å². The molecule has 0 unspecified atom stereocenters. The predicted molar refractivity (Wildman–Crippen MR) is 175 cm³/mol. The van der Waals surface area contributed by atoms with Crippen LogP contribution in [0.25, 0.3) is 0 Å². The Bertz CT molecular complexity index is 1520. The Balaban J connectivity index is 1.33. The van der Waals surface area contributed by atoms with Crippen LogP contribution in [-0.4, -0.2) is 69.6 Å². The summed E-state index contributed by atoms with van der Waals surface area (Å²) in [4.78, 5) is 62.7. The van der Waals surface area contributed by atoms with E-state index in [0.29, 0.717) is 44.0 Å². The van der Waals surface area contributed by atoms with E-state index < -0.39 is 11.8 Å². The van der Waals surface area contributed by atoms with Gasteiger partial charge in [-0.25, -0.2) is 9.97 Å². The van der Waals surface area contributed by atoms with Gasteiger partial charge in [0.2, 0.25) is 0 Å². The van der Waals surface area contributed by atoms with Crippen molar-refractivity contribution in [3.8, 4) is 0 Å². The highest BCUT2D eigenvalue weighted by molar-refractivity contribution is 6.04. The van der Waals surface area contributed by atoms with E-state index in [0.717, 1.165) is 11.1 Å². The SMILES string of the molecule is CCN(CC)C(=O)c1cccc(C(=O)Nc2ccc(Cc3ccc(NC(=O)c4cccc(C(=O)N(CC)CC)n4)cc3)cc2)n1. The molecule has 0 saturated heterocycles. The highest BCUT2D eigenvalue weighted by atomic mass is 16.2. The molecule has 0 atom stereocenters. The Morgan fingerprint density at radius 1 is 0.511 bits per heavy atom. The van der Waals surface area contributed by atoms with E-state index in [1.54, 1.807) is 46.2 Å². The molecule has 0 aliphatic carbocycles. The molecule has 2 N–H and O–H groups in total. The van der Waals surface area contributed by atoms with Crippen molar-refractivity contribution in [2.75, 3.05) is 36.8 Å². The van der Waals surface area contributed by atoms with Gasteiger partial charge >= 0.3 is 0 Å². The zero-order valence-electron chi connectivity index (χ0n) is 26.0. The summed E-state index contributed by atoms with van der Waals surface area (Å²) in [6.45, 7) is 9.85. The van der Waals surface area contributed by atoms with Gasteiger partial charge in [0, 0.05) is 37.6 Å². The maximum Gasteiger partial charge on any atom is 0.274 e. The van der Waals surface area contributed by atoms with Crippen LogP contribution >= 0.6 is 0 Å². The Morgan fingerprint density at radius 3 is 1.18 bits per heavy atom. The molecule has 2 aromatic heterocycles. The Labute approximate surface area is 263 Å². The molecule has 232 valence electrons. The lowest BCUT2D eigenvalue weighted by molar-refractivity contribution is 0.0758. The van der Waals surface area contributed by atoms with Crippen LogP contribution in [0.1, 0.15) is 80.8 Å². The number of carbonyl (C=O) groups excluding carboxylic acids is 4. The molecule has 45 heavy (non-hydrogen) atoms. The lowest BCUT2D eigenvalue weighted by atomic mass is 10.0. The van der Waals surface area contributed by atoms with Crippen LogP contribution in [0.5, 0.6) is 0 Å². The van der Waals surface area contributed by atoms with Gasteiger partial charge in [-0.05, 0) is 93.8 Å². The van der Waals surface area contributed by atoms with Gasteiger partial charge in [0.15, 0.2) is 0 Å². The standard InChI is InChI=1S/C35H38N6O4/c1-5-40(6-2)34(44)30-13-9-11-28(38-30)32(42)36-26-19-15-24(16-20-26)23-25-17-21-27(22-18-25)37-33(43)29-12-10-14-31(39-29)35(45)41(7-3)8-4/h9-22H,5-8,23H2,1-4H3,(H,36,42)(H,37,43). The molecular formula is C35H38N6O4. The predicted octanol–water partition coefficient (Wildman–Crippen LogP) is 5.54. The molecule has 0 radical (unpaired) electrons. The number of anilines is 2. The number of nitrogens with one attached hydrogen (secondary N) is 2. The summed E-state index contributed by atoms with van der Waals surface area (Å²) < 4.78 is 0. The first kappa shape index (κ1) is 32.5. The van der Waals surface area contributed by atoms with Crippen molar-refractivity contribution in [1.82, 2.24) is 19.8 Å². The zero-order chi connectivity index (χ0) is 32.3. The third-order valence-corrected chi connectivity index (χ3v) is 7.33. The maximum absolute atomic E-state index is 12.8. The first-order valence-corrected chi connectivity index (χ1v) is 15.1. The van der Waals surface area contributed by atoms with Gasteiger partial charge in [-0.1, -0.05) is 36.4 Å². The lowest BCUT2D eigenvalue weighted by Crippen LogP contribution is -2.31. The second-order valence-electron chi connectivity index (χ2n) is 10.2. The monoisotopic (exact) mass is 606 g/mol. The molecular weight excluding hydrogens is 568 g/mol. The molecule has 0 fully saturated rings. The largest absolute Gasteiger partial charge is 0.338 e. The van der Waals surface area contributed by atoms with E-state index >= 15 is 0 Å². The normalized spacial score (nSPS) is 10.6. The summed E-state index contributed by atoms with van der Waals surface area (Å²) in [6.07, 6.45) is 0.649. The van der Waals surface area contributed by atoms with Crippen LogP contribution in [0.15, 0.2) is 84.9 Å². The molecule has 4 aromatic rings. The fraction of sp³-hybridized carbons (Fsp3) is 0.257. The molecule has 10 heteroatoms. The summed E-state index contributed by atoms with van der Waals surface area (Å²) in [5, 5.41) is 5.68. The summed E-state index contributed by atoms with van der Waals surface area (Å²) in [7, 11) is 0. The van der Waals surface area contributed by atoms with Crippen LogP contribution in [0, 0.1) is 0 Å². The molecule has 0 bridgehead atoms. The van der Waals surface area contributed by atoms with Gasteiger partial charge in [-0.2, -0.15) is 0 Å². The molecule has 4 rings (SSSR count). The summed E-state index contributed by atoms with van der Waals surface area (Å²) >= 11 is 0. The number of amides is 4. The number of hydrogen-bond donors (Lipinski definition) is 2. The van der Waals surface area contributed by atoms with E-state index in [2.05, 4.69) is 20.6 Å². The maximum atomic E-state index is 12.8. The van der Waals surface area contributed by atoms with Gasteiger partial charge in [0.1, 0.15) is 22.8 Å². The van der Waals surface area contributed by atoms with Crippen molar-refractivity contribution in [3.63, 3.8) is 0 Å². The first-order valence-electron chi connectivity index (χ1n) is 15.1. The Hall–Kier alpha value is -5.38. The second kappa shape index (κ2) is 15.4. The fourth-order valence-corrected chi connectivity index (χ4v) is 4.74. The van der Waals surface area contributed by atoms with E-state index in [1.807, 2.05) is 76.2 Å². The lowest BCUT2D eigenvalue weighted by Gasteiger charge is -2.18. The number of hydrogen-bond acceptors (Lipinski definition) is 6. The molecule has 0 saturated carbocycles. The van der Waals surface area contributed by atoms with Crippen LogP contribution in [0.3, 0.4) is 0 Å². The van der Waals surface area contributed by atoms with Crippen LogP contribution < -0.4 is 10.6 Å². The van der Waals surface area contributed by atoms with Crippen LogP contribution in [-0.2, 0) is 6.42 Å². The van der Waals surface area contributed by atoms with Gasteiger partial charge < -0.3 is 20.4 Å². The summed E-state index contributed by atoms with van der Waals surface area (Å²) in [5.41, 5.74) is 4.10. The van der Waals surface area contributed by atoms with Gasteiger partial charge in [0.25, 0.3) is 23.6 Å². The number of carbonyl (C=O) groups is 4. The summed E-state index contributed by atoms with van der Waals surface area (Å²) in [5.74, 6) is -1.21. The topological polar surface area (TPSA) is 125 Å². The number of benzene rings is 2. The first-order chi connectivity index (χ1) is 21.8. The quantitative estimate of drug-likeness (QED) is 0.218. The van der Waals surface area contributed by atoms with Crippen LogP contribution in [0.2, 0.25) is 0 Å². The molecule has 0 spiro atoms. The number of aromatic nitrogens is 2. The van der Waals surface area contributed by atoms with Crippen molar-refractivity contribution in [2.24, 2.45) is 0 Å². The minimum absolute atomic E-state index is 0.167.